The number of nitro benzene ring substituents is 2. The van der Waals surface area contributed by atoms with Crippen molar-refractivity contribution in [3.8, 4) is 23.0 Å². The summed E-state index contributed by atoms with van der Waals surface area (Å²) in [7, 11) is -5.10. The van der Waals surface area contributed by atoms with Gasteiger partial charge in [-0.15, -0.1) is 5.11 Å². The largest absolute Gasteiger partial charge is 3.00 e. The Morgan fingerprint density at radius 2 is 1.25 bits per heavy atom. The normalized spacial score (nSPS) is 11.1. The van der Waals surface area contributed by atoms with Gasteiger partial charge in [0, 0.05) is 40.4 Å². The van der Waals surface area contributed by atoms with Gasteiger partial charge in [-0.05, 0) is 52.6 Å². The van der Waals surface area contributed by atoms with E-state index in [-0.39, 0.29) is 91.9 Å². The van der Waals surface area contributed by atoms with Crippen LogP contribution in [0.5, 0.6) is 23.0 Å². The molecule has 61 heavy (non-hydrogen) atoms. The van der Waals surface area contributed by atoms with Crippen molar-refractivity contribution in [2.24, 2.45) is 20.5 Å². The van der Waals surface area contributed by atoms with E-state index < -0.39 is 53.7 Å². The van der Waals surface area contributed by atoms with Crippen molar-refractivity contribution >= 4 is 88.2 Å². The van der Waals surface area contributed by atoms with Crippen molar-refractivity contribution in [2.45, 2.75) is 4.90 Å². The minimum atomic E-state index is -5.10. The van der Waals surface area contributed by atoms with Gasteiger partial charge in [-0.2, -0.15) is 15.3 Å². The van der Waals surface area contributed by atoms with Crippen LogP contribution in [0.2, 0.25) is 0 Å². The number of nitrogens with zero attached hydrogens (tertiary/aromatic N) is 6. The number of carbonyl (C=O) groups is 1. The second-order valence-electron chi connectivity index (χ2n) is 12.1. The maximum atomic E-state index is 12.7. The molecule has 22 heteroatoms. The average Bonchev–Trinajstić information content (AvgIpc) is 3.21. The van der Waals surface area contributed by atoms with E-state index in [0.29, 0.717) is 33.3 Å². The Labute approximate surface area is 376 Å². The monoisotopic (exact) mass is 888 g/mol. The standard InChI is InChI=1S/C20H13N3O7S.C19H14N4O5.Cr.Na/c24-17-10-18(31(28,29)30)15-9-12(23(26)27)6-7-14(15)19(17)22-21-16-8-5-11-3-1-2-4-13(11)20(16)25;1-2-18(25)20-14-10-16(19(26)13-6-4-3-5-12(13)14)22-21-15-9-11(23(27)28)7-8-17(15)24;;/h1-10,24-25H,(H,28,29,30);2-10,24,26H,1H2,(H,20,25);;/q;;+3;+1/p-4. The number of benzene rings is 7. The van der Waals surface area contributed by atoms with Gasteiger partial charge in [-0.3, -0.25) is 25.0 Å². The van der Waals surface area contributed by atoms with E-state index in [0.717, 1.165) is 42.5 Å². The first-order chi connectivity index (χ1) is 28.1. The maximum absolute atomic E-state index is 12.7. The summed E-state index contributed by atoms with van der Waals surface area (Å²) in [6.45, 7) is 3.39. The summed E-state index contributed by atoms with van der Waals surface area (Å²) in [6, 6.07) is 24.7. The molecule has 2 N–H and O–H groups in total. The van der Waals surface area contributed by atoms with Crippen molar-refractivity contribution < 1.29 is 95.0 Å². The zero-order valence-electron chi connectivity index (χ0n) is 31.1. The first kappa shape index (κ1) is 46.9. The molecule has 0 saturated heterocycles. The van der Waals surface area contributed by atoms with Gasteiger partial charge in [-0.25, -0.2) is 8.42 Å². The van der Waals surface area contributed by atoms with Crippen molar-refractivity contribution in [2.75, 3.05) is 5.32 Å². The predicted molar refractivity (Wildman–Crippen MR) is 207 cm³/mol. The molecule has 1 amide bonds. The van der Waals surface area contributed by atoms with Crippen LogP contribution in [-0.4, -0.2) is 33.8 Å². The number of amides is 1. The number of phenolic OH excluding ortho intramolecular Hbond substituents is 1. The van der Waals surface area contributed by atoms with Gasteiger partial charge in [0.2, 0.25) is 5.91 Å². The van der Waals surface area contributed by atoms with Crippen LogP contribution in [0.15, 0.2) is 147 Å². The molecule has 1 radical (unpaired) electrons. The Morgan fingerprint density at radius 1 is 0.672 bits per heavy atom. The molecule has 0 aromatic heterocycles. The van der Waals surface area contributed by atoms with E-state index in [9.17, 15) is 58.4 Å². The summed E-state index contributed by atoms with van der Waals surface area (Å²) in [5.74, 6) is -2.60. The first-order valence-corrected chi connectivity index (χ1v) is 18.0. The maximum Gasteiger partial charge on any atom is 3.00 e. The van der Waals surface area contributed by atoms with Gasteiger partial charge < -0.3 is 30.3 Å². The fraction of sp³-hybridized carbons (Fsp3) is 0. The Morgan fingerprint density at radius 3 is 1.90 bits per heavy atom. The van der Waals surface area contributed by atoms with Crippen LogP contribution in [0, 0.1) is 20.2 Å². The van der Waals surface area contributed by atoms with Crippen LogP contribution in [0.25, 0.3) is 32.3 Å². The molecule has 0 fully saturated rings. The summed E-state index contributed by atoms with van der Waals surface area (Å²) in [6.07, 6.45) is 1.09. The van der Waals surface area contributed by atoms with E-state index in [1.165, 1.54) is 12.1 Å². The van der Waals surface area contributed by atoms with Gasteiger partial charge in [0.15, 0.2) is 0 Å². The minimum absolute atomic E-state index is 0. The molecule has 0 saturated carbocycles. The predicted octanol–water partition coefficient (Wildman–Crippen LogP) is 4.44. The van der Waals surface area contributed by atoms with Crippen LogP contribution in [0.1, 0.15) is 0 Å². The number of hydrogen-bond acceptors (Lipinski definition) is 16. The first-order valence-electron chi connectivity index (χ1n) is 16.6. The molecule has 299 valence electrons. The number of fused-ring (bicyclic) bond motifs is 3. The molecular formula is C39H23CrN7NaO12S. The summed E-state index contributed by atoms with van der Waals surface area (Å²) >= 11 is 0. The number of aromatic hydroxyl groups is 1. The number of carbonyl (C=O) groups excluding carboxylic acids is 1. The van der Waals surface area contributed by atoms with Gasteiger partial charge >= 0.3 is 46.9 Å². The van der Waals surface area contributed by atoms with E-state index in [4.69, 9.17) is 0 Å². The molecule has 0 aliphatic carbocycles. The van der Waals surface area contributed by atoms with Crippen molar-refractivity contribution in [1.29, 1.82) is 0 Å². The van der Waals surface area contributed by atoms with Crippen LogP contribution >= 0.6 is 0 Å². The van der Waals surface area contributed by atoms with E-state index in [2.05, 4.69) is 32.4 Å². The van der Waals surface area contributed by atoms with Crippen LogP contribution in [-0.2, 0) is 32.3 Å². The number of non-ortho nitro benzene ring substituents is 2. The van der Waals surface area contributed by atoms with Gasteiger partial charge in [0.05, 0.1) is 37.5 Å². The fourth-order valence-electron chi connectivity index (χ4n) is 5.69. The second-order valence-corrected chi connectivity index (χ2v) is 13.5. The Balaban J connectivity index is 0.000000261. The van der Waals surface area contributed by atoms with Crippen molar-refractivity contribution in [3.63, 3.8) is 0 Å². The molecule has 0 bridgehead atoms. The van der Waals surface area contributed by atoms with Gasteiger partial charge in [-0.1, -0.05) is 78.4 Å². The van der Waals surface area contributed by atoms with E-state index in [1.54, 1.807) is 54.6 Å². The number of phenols is 1. The average molecular weight is 889 g/mol. The quantitative estimate of drug-likeness (QED) is 0.0508. The zero-order chi connectivity index (χ0) is 42.6. The van der Waals surface area contributed by atoms with E-state index in [1.807, 2.05) is 0 Å². The molecule has 7 rings (SSSR count). The molecule has 0 heterocycles. The number of rotatable bonds is 9. The summed E-state index contributed by atoms with van der Waals surface area (Å²) in [4.78, 5) is 31.3. The van der Waals surface area contributed by atoms with Crippen molar-refractivity contribution in [3.05, 3.63) is 142 Å². The van der Waals surface area contributed by atoms with Gasteiger partial charge in [0.1, 0.15) is 21.6 Å². The summed E-state index contributed by atoms with van der Waals surface area (Å²) < 4.78 is 34.7. The number of anilines is 1. The molecular weight excluding hydrogens is 866 g/mol. The molecule has 19 nitrogen and oxygen atoms in total. The van der Waals surface area contributed by atoms with E-state index >= 15 is 0 Å². The number of azo groups is 2. The summed E-state index contributed by atoms with van der Waals surface area (Å²) in [5, 5.41) is 88.8. The number of hydrogen-bond donors (Lipinski definition) is 2. The second kappa shape index (κ2) is 19.5. The smallest absolute Gasteiger partial charge is 0.871 e. The Hall–Kier alpha value is -6.83. The fourth-order valence-corrected chi connectivity index (χ4v) is 6.38. The van der Waals surface area contributed by atoms with Crippen LogP contribution in [0.3, 0.4) is 0 Å². The molecule has 0 aliphatic heterocycles. The van der Waals surface area contributed by atoms with Crippen LogP contribution in [0.4, 0.5) is 39.8 Å². The SMILES string of the molecule is C=CC(=O)Nc1cc(N=Nc2cc([N+](=O)[O-])ccc2O)c([O-])c2ccccc12.O=[N+]([O-])c1ccc2c(N=Nc3ccc4ccccc4c3[O-])c([O-])cc(S(=O)(=O)[O-])c2c1.[Cr+3].[Na+]. The van der Waals surface area contributed by atoms with Crippen LogP contribution < -0.4 is 50.2 Å². The number of nitro groups is 2. The molecule has 7 aromatic carbocycles. The van der Waals surface area contributed by atoms with Gasteiger partial charge in [0.25, 0.3) is 11.4 Å². The third-order valence-electron chi connectivity index (χ3n) is 8.47. The third kappa shape index (κ3) is 10.3. The zero-order valence-corrected chi connectivity index (χ0v) is 35.2. The Kier molecular flexibility index (Phi) is 15.0. The molecule has 0 spiro atoms. The topological polar surface area (TPSA) is 311 Å². The molecule has 0 atom stereocenters. The molecule has 0 unspecified atom stereocenters. The molecule has 7 aromatic rings. The molecule has 0 aliphatic rings. The third-order valence-corrected chi connectivity index (χ3v) is 9.35. The number of nitrogens with one attached hydrogen (secondary N) is 1. The minimum Gasteiger partial charge on any atom is -0.871 e. The Bertz CT molecular complexity index is 3080. The summed E-state index contributed by atoms with van der Waals surface area (Å²) in [5.41, 5.74) is -1.12. The van der Waals surface area contributed by atoms with Crippen molar-refractivity contribution in [1.82, 2.24) is 0 Å².